The molecule has 0 unspecified atom stereocenters. The molecule has 2 rings (SSSR count). The van der Waals surface area contributed by atoms with Crippen molar-refractivity contribution in [2.75, 3.05) is 11.1 Å². The number of halogens is 2. The van der Waals surface area contributed by atoms with Crippen molar-refractivity contribution in [3.8, 4) is 0 Å². The van der Waals surface area contributed by atoms with E-state index >= 15 is 0 Å². The van der Waals surface area contributed by atoms with Crippen LogP contribution in [0.2, 0.25) is 0 Å². The van der Waals surface area contributed by atoms with E-state index in [1.165, 1.54) is 18.2 Å². The first-order chi connectivity index (χ1) is 9.88. The molecule has 7 heteroatoms. The maximum absolute atomic E-state index is 13.3. The number of carbonyl (C=O) groups is 2. The third-order valence-corrected chi connectivity index (χ3v) is 2.75. The van der Waals surface area contributed by atoms with Crippen LogP contribution in [0.25, 0.3) is 0 Å². The van der Waals surface area contributed by atoms with Crippen molar-refractivity contribution in [1.82, 2.24) is 0 Å². The predicted octanol–water partition coefficient (Wildman–Crippen LogP) is 1.90. The van der Waals surface area contributed by atoms with E-state index in [9.17, 15) is 18.4 Å². The van der Waals surface area contributed by atoms with E-state index in [1.807, 2.05) is 0 Å². The number of primary amides is 1. The van der Waals surface area contributed by atoms with Gasteiger partial charge in [-0.1, -0.05) is 0 Å². The Morgan fingerprint density at radius 2 is 1.71 bits per heavy atom. The third kappa shape index (κ3) is 3.14. The molecule has 0 radical (unpaired) electrons. The topological polar surface area (TPSA) is 98.2 Å². The minimum atomic E-state index is -0.956. The quantitative estimate of drug-likeness (QED) is 0.753. The number of anilines is 2. The Labute approximate surface area is 118 Å². The summed E-state index contributed by atoms with van der Waals surface area (Å²) in [6.07, 6.45) is 0. The summed E-state index contributed by atoms with van der Waals surface area (Å²) in [7, 11) is 0. The lowest BCUT2D eigenvalue weighted by Crippen LogP contribution is -2.16. The van der Waals surface area contributed by atoms with Crippen LogP contribution in [-0.2, 0) is 0 Å². The number of carbonyl (C=O) groups excluding carboxylic acids is 2. The second-order valence-electron chi connectivity index (χ2n) is 4.25. The fourth-order valence-electron chi connectivity index (χ4n) is 1.66. The van der Waals surface area contributed by atoms with E-state index in [0.717, 1.165) is 18.2 Å². The van der Waals surface area contributed by atoms with Crippen LogP contribution in [0.1, 0.15) is 20.7 Å². The Kier molecular flexibility index (Phi) is 3.84. The van der Waals surface area contributed by atoms with Crippen LogP contribution in [0.4, 0.5) is 20.2 Å². The highest BCUT2D eigenvalue weighted by molar-refractivity contribution is 6.05. The number of rotatable bonds is 3. The van der Waals surface area contributed by atoms with E-state index in [-0.39, 0.29) is 22.5 Å². The van der Waals surface area contributed by atoms with E-state index < -0.39 is 23.4 Å². The molecule has 2 aromatic rings. The molecule has 0 atom stereocenters. The predicted molar refractivity (Wildman–Crippen MR) is 73.7 cm³/mol. The van der Waals surface area contributed by atoms with E-state index in [0.29, 0.717) is 0 Å². The summed E-state index contributed by atoms with van der Waals surface area (Å²) in [4.78, 5) is 22.9. The molecule has 21 heavy (non-hydrogen) atoms. The third-order valence-electron chi connectivity index (χ3n) is 2.75. The van der Waals surface area contributed by atoms with Gasteiger partial charge < -0.3 is 16.8 Å². The molecule has 0 aliphatic carbocycles. The molecule has 5 nitrogen and oxygen atoms in total. The van der Waals surface area contributed by atoms with Gasteiger partial charge in [-0.2, -0.15) is 0 Å². The van der Waals surface area contributed by atoms with Gasteiger partial charge in [-0.15, -0.1) is 0 Å². The molecule has 0 bridgehead atoms. The summed E-state index contributed by atoms with van der Waals surface area (Å²) in [5.74, 6) is -3.10. The highest BCUT2D eigenvalue weighted by Gasteiger charge is 2.12. The highest BCUT2D eigenvalue weighted by Crippen LogP contribution is 2.17. The van der Waals surface area contributed by atoms with Crippen LogP contribution in [0.5, 0.6) is 0 Å². The Morgan fingerprint density at radius 1 is 1.00 bits per heavy atom. The molecule has 0 aliphatic rings. The summed E-state index contributed by atoms with van der Waals surface area (Å²) >= 11 is 0. The SMILES string of the molecule is NC(=O)c1cc(NC(=O)c2ccc(N)c(F)c2)ccc1F. The minimum Gasteiger partial charge on any atom is -0.396 e. The van der Waals surface area contributed by atoms with Crippen LogP contribution in [0.3, 0.4) is 0 Å². The summed E-state index contributed by atoms with van der Waals surface area (Å²) < 4.78 is 26.6. The lowest BCUT2D eigenvalue weighted by Gasteiger charge is -2.07. The zero-order valence-corrected chi connectivity index (χ0v) is 10.7. The van der Waals surface area contributed by atoms with Crippen LogP contribution in [0, 0.1) is 11.6 Å². The van der Waals surface area contributed by atoms with Gasteiger partial charge in [0.05, 0.1) is 11.3 Å². The van der Waals surface area contributed by atoms with Gasteiger partial charge in [0.1, 0.15) is 11.6 Å². The van der Waals surface area contributed by atoms with Crippen LogP contribution >= 0.6 is 0 Å². The molecular formula is C14H11F2N3O2. The zero-order chi connectivity index (χ0) is 15.6. The Morgan fingerprint density at radius 3 is 2.33 bits per heavy atom. The van der Waals surface area contributed by atoms with E-state index in [1.54, 1.807) is 0 Å². The maximum atomic E-state index is 13.3. The Hall–Kier alpha value is -2.96. The molecule has 0 saturated carbocycles. The smallest absolute Gasteiger partial charge is 0.255 e. The van der Waals surface area contributed by atoms with Crippen LogP contribution < -0.4 is 16.8 Å². The second kappa shape index (κ2) is 5.58. The summed E-state index contributed by atoms with van der Waals surface area (Å²) in [5.41, 5.74) is 10.1. The molecule has 0 fully saturated rings. The molecule has 108 valence electrons. The monoisotopic (exact) mass is 291 g/mol. The summed E-state index contributed by atoms with van der Waals surface area (Å²) in [6, 6.07) is 6.93. The van der Waals surface area contributed by atoms with Crippen molar-refractivity contribution in [3.63, 3.8) is 0 Å². The largest absolute Gasteiger partial charge is 0.396 e. The average Bonchev–Trinajstić information content (AvgIpc) is 2.43. The number of amides is 2. The maximum Gasteiger partial charge on any atom is 0.255 e. The summed E-state index contributed by atoms with van der Waals surface area (Å²) in [6.45, 7) is 0. The second-order valence-corrected chi connectivity index (χ2v) is 4.25. The van der Waals surface area contributed by atoms with Crippen molar-refractivity contribution < 1.29 is 18.4 Å². The van der Waals surface area contributed by atoms with Gasteiger partial charge in [-0.05, 0) is 36.4 Å². The fourth-order valence-corrected chi connectivity index (χ4v) is 1.66. The molecular weight excluding hydrogens is 280 g/mol. The number of nitrogens with two attached hydrogens (primary N) is 2. The first-order valence-electron chi connectivity index (χ1n) is 5.84. The molecule has 0 saturated heterocycles. The molecule has 0 heterocycles. The van der Waals surface area contributed by atoms with Crippen LogP contribution in [0.15, 0.2) is 36.4 Å². The average molecular weight is 291 g/mol. The van der Waals surface area contributed by atoms with Crippen LogP contribution in [-0.4, -0.2) is 11.8 Å². The summed E-state index contributed by atoms with van der Waals surface area (Å²) in [5, 5.41) is 2.41. The van der Waals surface area contributed by atoms with Crippen molar-refractivity contribution in [1.29, 1.82) is 0 Å². The number of nitrogen functional groups attached to an aromatic ring is 1. The first kappa shape index (κ1) is 14.4. The number of nitrogens with one attached hydrogen (secondary N) is 1. The lowest BCUT2D eigenvalue weighted by atomic mass is 10.1. The number of benzene rings is 2. The van der Waals surface area contributed by atoms with Gasteiger partial charge in [-0.3, -0.25) is 9.59 Å². The number of hydrogen-bond donors (Lipinski definition) is 3. The molecule has 0 aliphatic heterocycles. The molecule has 0 aromatic heterocycles. The molecule has 2 aromatic carbocycles. The van der Waals surface area contributed by atoms with Gasteiger partial charge in [0.2, 0.25) is 0 Å². The van der Waals surface area contributed by atoms with Gasteiger partial charge >= 0.3 is 0 Å². The highest BCUT2D eigenvalue weighted by atomic mass is 19.1. The van der Waals surface area contributed by atoms with Gasteiger partial charge in [0, 0.05) is 11.3 Å². The fraction of sp³-hybridized carbons (Fsp3) is 0. The Balaban J connectivity index is 2.25. The van der Waals surface area contributed by atoms with Gasteiger partial charge in [0.15, 0.2) is 0 Å². The van der Waals surface area contributed by atoms with E-state index in [4.69, 9.17) is 11.5 Å². The normalized spacial score (nSPS) is 10.2. The van der Waals surface area contributed by atoms with Gasteiger partial charge in [-0.25, -0.2) is 8.78 Å². The Bertz CT molecular complexity index is 732. The standard InChI is InChI=1S/C14H11F2N3O2/c15-10-3-2-8(6-9(10)13(18)20)19-14(21)7-1-4-12(17)11(16)5-7/h1-6H,17H2,(H2,18,20)(H,19,21). The molecule has 2 amide bonds. The van der Waals surface area contributed by atoms with Gasteiger partial charge in [0.25, 0.3) is 11.8 Å². The zero-order valence-electron chi connectivity index (χ0n) is 10.7. The van der Waals surface area contributed by atoms with Crippen molar-refractivity contribution in [3.05, 3.63) is 59.2 Å². The minimum absolute atomic E-state index is 0.0339. The first-order valence-corrected chi connectivity index (χ1v) is 5.84. The van der Waals surface area contributed by atoms with Crippen molar-refractivity contribution in [2.24, 2.45) is 5.73 Å². The molecule has 5 N–H and O–H groups in total. The number of hydrogen-bond acceptors (Lipinski definition) is 3. The van der Waals surface area contributed by atoms with Crippen molar-refractivity contribution >= 4 is 23.2 Å². The van der Waals surface area contributed by atoms with Crippen molar-refractivity contribution in [2.45, 2.75) is 0 Å². The lowest BCUT2D eigenvalue weighted by molar-refractivity contribution is 0.0992. The van der Waals surface area contributed by atoms with E-state index in [2.05, 4.69) is 5.32 Å². The molecule has 0 spiro atoms.